The van der Waals surface area contributed by atoms with Gasteiger partial charge in [0.25, 0.3) is 0 Å². The average Bonchev–Trinajstić information content (AvgIpc) is 3.11. The maximum atomic E-state index is 12.3. The summed E-state index contributed by atoms with van der Waals surface area (Å²) in [6.45, 7) is 4.50. The van der Waals surface area contributed by atoms with Gasteiger partial charge in [-0.25, -0.2) is 0 Å². The number of hydrogen-bond donors (Lipinski definition) is 2. The summed E-state index contributed by atoms with van der Waals surface area (Å²) >= 11 is 7.08. The summed E-state index contributed by atoms with van der Waals surface area (Å²) in [4.78, 5) is 24.5. The van der Waals surface area contributed by atoms with E-state index in [9.17, 15) is 9.59 Å². The number of halogens is 1. The van der Waals surface area contributed by atoms with E-state index in [1.807, 2.05) is 26.0 Å². The standard InChI is InChI=1S/C22H23ClN4O3S/c1-3-12-30-18-10-8-17(9-11-18)24-20(28)13-19-21(29)25-22(31-19)27-26-14(2)15-4-6-16(23)7-5-15/h4-11,19H,3,12-13H2,1-2H3,(H,24,28)(H,25,27,29)/b26-14+. The molecular formula is C22H23ClN4O3S. The second-order valence-corrected chi connectivity index (χ2v) is 8.45. The van der Waals surface area contributed by atoms with E-state index in [1.54, 1.807) is 36.4 Å². The van der Waals surface area contributed by atoms with Crippen LogP contribution in [0.2, 0.25) is 5.02 Å². The Kier molecular flexibility index (Phi) is 8.08. The summed E-state index contributed by atoms with van der Waals surface area (Å²) in [6.07, 6.45) is 0.959. The summed E-state index contributed by atoms with van der Waals surface area (Å²) in [5, 5.41) is 14.2. The lowest BCUT2D eigenvalue weighted by Gasteiger charge is -2.09. The number of benzene rings is 2. The monoisotopic (exact) mass is 458 g/mol. The topological polar surface area (TPSA) is 92.2 Å². The third kappa shape index (κ3) is 6.83. The second kappa shape index (κ2) is 11.0. The van der Waals surface area contributed by atoms with Gasteiger partial charge in [-0.1, -0.05) is 42.4 Å². The molecule has 0 radical (unpaired) electrons. The highest BCUT2D eigenvalue weighted by Gasteiger charge is 2.32. The Labute approximate surface area is 190 Å². The Morgan fingerprint density at radius 1 is 1.19 bits per heavy atom. The van der Waals surface area contributed by atoms with Gasteiger partial charge in [-0.05, 0) is 55.3 Å². The summed E-state index contributed by atoms with van der Waals surface area (Å²) in [5.74, 6) is 0.236. The van der Waals surface area contributed by atoms with Gasteiger partial charge in [0.15, 0.2) is 5.17 Å². The van der Waals surface area contributed by atoms with Gasteiger partial charge in [-0.2, -0.15) is 5.10 Å². The molecule has 1 fully saturated rings. The van der Waals surface area contributed by atoms with Gasteiger partial charge < -0.3 is 15.4 Å². The number of amides is 2. The molecule has 0 aromatic heterocycles. The van der Waals surface area contributed by atoms with Crippen LogP contribution in [-0.4, -0.2) is 34.6 Å². The molecule has 162 valence electrons. The average molecular weight is 459 g/mol. The molecule has 1 heterocycles. The zero-order chi connectivity index (χ0) is 22.2. The predicted octanol–water partition coefficient (Wildman–Crippen LogP) is 4.47. The number of nitrogens with zero attached hydrogens (tertiary/aromatic N) is 2. The van der Waals surface area contributed by atoms with Crippen LogP contribution in [0.1, 0.15) is 32.3 Å². The molecule has 0 saturated carbocycles. The van der Waals surface area contributed by atoms with E-state index in [1.165, 1.54) is 11.8 Å². The van der Waals surface area contributed by atoms with Gasteiger partial charge in [-0.3, -0.25) is 9.59 Å². The molecule has 1 aliphatic heterocycles. The van der Waals surface area contributed by atoms with Crippen molar-refractivity contribution in [3.63, 3.8) is 0 Å². The fourth-order valence-corrected chi connectivity index (χ4v) is 3.73. The number of carbonyl (C=O) groups is 2. The maximum Gasteiger partial charge on any atom is 0.240 e. The van der Waals surface area contributed by atoms with E-state index in [0.717, 1.165) is 17.7 Å². The van der Waals surface area contributed by atoms with Gasteiger partial charge in [0.1, 0.15) is 11.0 Å². The molecule has 0 spiro atoms. The van der Waals surface area contributed by atoms with E-state index in [-0.39, 0.29) is 18.2 Å². The van der Waals surface area contributed by atoms with Crippen LogP contribution in [0, 0.1) is 0 Å². The van der Waals surface area contributed by atoms with Crippen molar-refractivity contribution in [2.75, 3.05) is 11.9 Å². The number of ether oxygens (including phenoxy) is 1. The predicted molar refractivity (Wildman–Crippen MR) is 126 cm³/mol. The minimum absolute atomic E-state index is 0.0312. The number of rotatable bonds is 8. The van der Waals surface area contributed by atoms with Crippen LogP contribution in [0.15, 0.2) is 58.7 Å². The smallest absolute Gasteiger partial charge is 0.240 e. The molecule has 7 nitrogen and oxygen atoms in total. The Morgan fingerprint density at radius 2 is 1.90 bits per heavy atom. The molecule has 2 aromatic carbocycles. The third-order valence-corrected chi connectivity index (χ3v) is 5.64. The molecule has 9 heteroatoms. The highest BCUT2D eigenvalue weighted by molar-refractivity contribution is 8.15. The molecule has 2 N–H and O–H groups in total. The lowest BCUT2D eigenvalue weighted by molar-refractivity contribution is -0.122. The van der Waals surface area contributed by atoms with Crippen LogP contribution in [0.3, 0.4) is 0 Å². The van der Waals surface area contributed by atoms with Crippen LogP contribution >= 0.6 is 23.4 Å². The normalized spacial score (nSPS) is 17.5. The minimum Gasteiger partial charge on any atom is -0.494 e. The molecule has 1 unspecified atom stereocenters. The van der Waals surface area contributed by atoms with Crippen molar-refractivity contribution in [2.24, 2.45) is 10.2 Å². The van der Waals surface area contributed by atoms with Crippen LogP contribution in [-0.2, 0) is 9.59 Å². The maximum absolute atomic E-state index is 12.3. The van der Waals surface area contributed by atoms with Crippen LogP contribution < -0.4 is 15.4 Å². The largest absolute Gasteiger partial charge is 0.494 e. The van der Waals surface area contributed by atoms with Gasteiger partial charge in [-0.15, -0.1) is 5.10 Å². The summed E-state index contributed by atoms with van der Waals surface area (Å²) in [5.41, 5.74) is 2.21. The van der Waals surface area contributed by atoms with Crippen molar-refractivity contribution in [1.82, 2.24) is 5.32 Å². The Morgan fingerprint density at radius 3 is 2.58 bits per heavy atom. The van der Waals surface area contributed by atoms with E-state index in [0.29, 0.717) is 28.2 Å². The highest BCUT2D eigenvalue weighted by Crippen LogP contribution is 2.24. The van der Waals surface area contributed by atoms with Gasteiger partial charge in [0.05, 0.1) is 12.3 Å². The summed E-state index contributed by atoms with van der Waals surface area (Å²) in [7, 11) is 0. The van der Waals surface area contributed by atoms with Crippen molar-refractivity contribution in [1.29, 1.82) is 0 Å². The molecule has 3 rings (SSSR count). The molecule has 1 atom stereocenters. The number of amidine groups is 1. The van der Waals surface area contributed by atoms with Gasteiger partial charge in [0.2, 0.25) is 11.8 Å². The number of hydrogen-bond acceptors (Lipinski definition) is 6. The summed E-state index contributed by atoms with van der Waals surface area (Å²) < 4.78 is 5.52. The fraction of sp³-hybridized carbons (Fsp3) is 0.273. The van der Waals surface area contributed by atoms with E-state index in [2.05, 4.69) is 20.8 Å². The van der Waals surface area contributed by atoms with Crippen molar-refractivity contribution in [3.05, 3.63) is 59.1 Å². The van der Waals surface area contributed by atoms with Gasteiger partial charge >= 0.3 is 0 Å². The molecule has 2 amide bonds. The lowest BCUT2D eigenvalue weighted by Crippen LogP contribution is -2.28. The van der Waals surface area contributed by atoms with E-state index < -0.39 is 5.25 Å². The van der Waals surface area contributed by atoms with Gasteiger partial charge in [0, 0.05) is 17.1 Å². The van der Waals surface area contributed by atoms with E-state index in [4.69, 9.17) is 16.3 Å². The Bertz CT molecular complexity index is 991. The molecule has 1 aliphatic rings. The second-order valence-electron chi connectivity index (χ2n) is 6.82. The molecule has 31 heavy (non-hydrogen) atoms. The SMILES string of the molecule is CCCOc1ccc(NC(=O)CC2S/C(=N/N=C(\C)c3ccc(Cl)cc3)NC2=O)cc1. The number of anilines is 1. The fourth-order valence-electron chi connectivity index (χ4n) is 2.69. The van der Waals surface area contributed by atoms with Crippen molar-refractivity contribution in [3.8, 4) is 5.75 Å². The first-order valence-corrected chi connectivity index (χ1v) is 11.1. The third-order valence-electron chi connectivity index (χ3n) is 4.31. The first-order chi connectivity index (χ1) is 14.9. The zero-order valence-electron chi connectivity index (χ0n) is 17.2. The first-order valence-electron chi connectivity index (χ1n) is 9.83. The number of carbonyl (C=O) groups excluding carboxylic acids is 2. The molecule has 0 bridgehead atoms. The van der Waals surface area contributed by atoms with Crippen LogP contribution in [0.5, 0.6) is 5.75 Å². The van der Waals surface area contributed by atoms with Crippen molar-refractivity contribution < 1.29 is 14.3 Å². The van der Waals surface area contributed by atoms with Crippen molar-refractivity contribution >= 4 is 51.7 Å². The molecule has 0 aliphatic carbocycles. The molecule has 1 saturated heterocycles. The van der Waals surface area contributed by atoms with Crippen molar-refractivity contribution in [2.45, 2.75) is 31.9 Å². The quantitative estimate of drug-likeness (QED) is 0.451. The van der Waals surface area contributed by atoms with E-state index >= 15 is 0 Å². The Hall–Kier alpha value is -2.84. The first kappa shape index (κ1) is 22.8. The molecule has 2 aromatic rings. The lowest BCUT2D eigenvalue weighted by atomic mass is 10.1. The minimum atomic E-state index is -0.558. The van der Waals surface area contributed by atoms with Crippen LogP contribution in [0.4, 0.5) is 5.69 Å². The Balaban J connectivity index is 1.53. The molecular weight excluding hydrogens is 436 g/mol. The zero-order valence-corrected chi connectivity index (χ0v) is 18.8. The number of thioether (sulfide) groups is 1. The number of nitrogens with one attached hydrogen (secondary N) is 2. The van der Waals surface area contributed by atoms with Crippen LogP contribution in [0.25, 0.3) is 0 Å². The summed E-state index contributed by atoms with van der Waals surface area (Å²) in [6, 6.07) is 14.4. The highest BCUT2D eigenvalue weighted by atomic mass is 35.5.